The summed E-state index contributed by atoms with van der Waals surface area (Å²) in [6, 6.07) is 8.39. The first-order valence-electron chi connectivity index (χ1n) is 10.5. The molecule has 0 saturated carbocycles. The molecular formula is C21H32N6OS. The molecule has 2 aromatic rings. The number of anilines is 1. The van der Waals surface area contributed by atoms with Gasteiger partial charge < -0.3 is 19.9 Å². The molecule has 1 saturated heterocycles. The van der Waals surface area contributed by atoms with E-state index in [2.05, 4.69) is 62.6 Å². The zero-order valence-electron chi connectivity index (χ0n) is 17.7. The molecule has 158 valence electrons. The lowest BCUT2D eigenvalue weighted by atomic mass is 10.1. The summed E-state index contributed by atoms with van der Waals surface area (Å²) in [5.41, 5.74) is 2.43. The topological polar surface area (TPSA) is 65.9 Å². The second kappa shape index (κ2) is 11.1. The Morgan fingerprint density at radius 3 is 2.55 bits per heavy atom. The van der Waals surface area contributed by atoms with Crippen molar-refractivity contribution < 1.29 is 4.74 Å². The van der Waals surface area contributed by atoms with Crippen LogP contribution in [0.5, 0.6) is 0 Å². The second-order valence-electron chi connectivity index (χ2n) is 6.90. The quantitative estimate of drug-likeness (QED) is 0.527. The molecule has 1 aromatic heterocycles. The molecule has 0 atom stereocenters. The Hall–Kier alpha value is -2.19. The number of guanidine groups is 1. The van der Waals surface area contributed by atoms with Gasteiger partial charge in [-0.15, -0.1) is 0 Å². The molecule has 1 aliphatic rings. The molecule has 1 aliphatic heterocycles. The molecule has 0 spiro atoms. The van der Waals surface area contributed by atoms with Gasteiger partial charge in [0.1, 0.15) is 5.82 Å². The first kappa shape index (κ1) is 21.5. The van der Waals surface area contributed by atoms with Crippen molar-refractivity contribution in [3.8, 4) is 0 Å². The summed E-state index contributed by atoms with van der Waals surface area (Å²) < 4.78 is 10.0. The van der Waals surface area contributed by atoms with Crippen molar-refractivity contribution in [2.75, 3.05) is 44.2 Å². The number of ether oxygens (including phenoxy) is 1. The van der Waals surface area contributed by atoms with E-state index in [9.17, 15) is 0 Å². The lowest BCUT2D eigenvalue weighted by Crippen LogP contribution is -2.52. The molecule has 0 aliphatic carbocycles. The summed E-state index contributed by atoms with van der Waals surface area (Å²) in [6.45, 7) is 12.8. The fraction of sp³-hybridized carbons (Fsp3) is 0.571. The zero-order chi connectivity index (χ0) is 20.5. The maximum atomic E-state index is 5.60. The number of aliphatic imine (C=N–C) groups is 1. The predicted molar refractivity (Wildman–Crippen MR) is 120 cm³/mol. The second-order valence-corrected chi connectivity index (χ2v) is 7.63. The maximum Gasteiger partial charge on any atom is 0.205 e. The Balaban J connectivity index is 1.63. The summed E-state index contributed by atoms with van der Waals surface area (Å²) in [4.78, 5) is 14.2. The van der Waals surface area contributed by atoms with Crippen molar-refractivity contribution in [3.63, 3.8) is 0 Å². The molecule has 8 heteroatoms. The molecule has 0 amide bonds. The van der Waals surface area contributed by atoms with E-state index in [4.69, 9.17) is 9.73 Å². The normalized spacial score (nSPS) is 15.1. The van der Waals surface area contributed by atoms with Crippen LogP contribution in [0.2, 0.25) is 0 Å². The van der Waals surface area contributed by atoms with Crippen LogP contribution in [0.25, 0.3) is 0 Å². The highest BCUT2D eigenvalue weighted by molar-refractivity contribution is 7.09. The monoisotopic (exact) mass is 416 g/mol. The molecule has 1 fully saturated rings. The number of nitrogens with zero attached hydrogens (tertiary/aromatic N) is 5. The number of rotatable bonds is 8. The standard InChI is InChI=1S/C21H32N6OS/c1-4-19-24-21(29-25-19)27-13-11-26(12-14-27)20(22-5-2)23-15-17-9-7-8-10-18(17)16-28-6-3/h7-10H,4-6,11-16H2,1-3H3,(H,22,23). The van der Waals surface area contributed by atoms with Crippen LogP contribution in [0.1, 0.15) is 37.7 Å². The van der Waals surface area contributed by atoms with Gasteiger partial charge in [-0.3, -0.25) is 0 Å². The van der Waals surface area contributed by atoms with E-state index in [1.165, 1.54) is 22.7 Å². The van der Waals surface area contributed by atoms with Crippen LogP contribution < -0.4 is 10.2 Å². The van der Waals surface area contributed by atoms with Crippen molar-refractivity contribution in [3.05, 3.63) is 41.2 Å². The minimum absolute atomic E-state index is 0.638. The third-order valence-electron chi connectivity index (χ3n) is 4.94. The van der Waals surface area contributed by atoms with E-state index in [1.807, 2.05) is 6.92 Å². The number of nitrogens with one attached hydrogen (secondary N) is 1. The van der Waals surface area contributed by atoms with Crippen molar-refractivity contribution in [1.29, 1.82) is 0 Å². The predicted octanol–water partition coefficient (Wildman–Crippen LogP) is 2.92. The lowest BCUT2D eigenvalue weighted by molar-refractivity contribution is 0.133. The van der Waals surface area contributed by atoms with Crippen LogP contribution >= 0.6 is 11.5 Å². The third-order valence-corrected chi connectivity index (χ3v) is 5.75. The van der Waals surface area contributed by atoms with E-state index in [0.717, 1.165) is 62.7 Å². The van der Waals surface area contributed by atoms with Crippen LogP contribution in [-0.2, 0) is 24.3 Å². The Morgan fingerprint density at radius 2 is 1.90 bits per heavy atom. The fourth-order valence-corrected chi connectivity index (χ4v) is 4.08. The molecule has 2 heterocycles. The Bertz CT molecular complexity index is 785. The minimum atomic E-state index is 0.638. The first-order chi connectivity index (χ1) is 14.2. The van der Waals surface area contributed by atoms with Gasteiger partial charge in [-0.05, 0) is 25.0 Å². The van der Waals surface area contributed by atoms with Gasteiger partial charge in [0.25, 0.3) is 0 Å². The van der Waals surface area contributed by atoms with E-state index in [0.29, 0.717) is 13.2 Å². The van der Waals surface area contributed by atoms with Crippen molar-refractivity contribution in [1.82, 2.24) is 19.6 Å². The van der Waals surface area contributed by atoms with Gasteiger partial charge in [-0.25, -0.2) is 9.98 Å². The van der Waals surface area contributed by atoms with Gasteiger partial charge in [-0.2, -0.15) is 4.37 Å². The van der Waals surface area contributed by atoms with Crippen LogP contribution in [0.3, 0.4) is 0 Å². The largest absolute Gasteiger partial charge is 0.377 e. The molecule has 29 heavy (non-hydrogen) atoms. The Labute approximate surface area is 178 Å². The van der Waals surface area contributed by atoms with Gasteiger partial charge in [0.2, 0.25) is 5.13 Å². The number of aromatic nitrogens is 2. The number of benzene rings is 1. The van der Waals surface area contributed by atoms with Crippen molar-refractivity contribution in [2.45, 2.75) is 40.3 Å². The van der Waals surface area contributed by atoms with Crippen molar-refractivity contribution in [2.24, 2.45) is 4.99 Å². The molecule has 0 radical (unpaired) electrons. The van der Waals surface area contributed by atoms with Crippen LogP contribution in [0, 0.1) is 0 Å². The van der Waals surface area contributed by atoms with E-state index < -0.39 is 0 Å². The highest BCUT2D eigenvalue weighted by atomic mass is 32.1. The van der Waals surface area contributed by atoms with Crippen LogP contribution in [-0.4, -0.2) is 59.5 Å². The number of hydrogen-bond donors (Lipinski definition) is 1. The van der Waals surface area contributed by atoms with Crippen LogP contribution in [0.15, 0.2) is 29.3 Å². The minimum Gasteiger partial charge on any atom is -0.377 e. The molecule has 0 bridgehead atoms. The number of piperazine rings is 1. The fourth-order valence-electron chi connectivity index (χ4n) is 3.28. The van der Waals surface area contributed by atoms with Crippen molar-refractivity contribution >= 4 is 22.6 Å². The molecular weight excluding hydrogens is 384 g/mol. The molecule has 7 nitrogen and oxygen atoms in total. The summed E-state index contributed by atoms with van der Waals surface area (Å²) >= 11 is 1.50. The SMILES string of the molecule is CCNC(=NCc1ccccc1COCC)N1CCN(c2nc(CC)ns2)CC1. The molecule has 1 aromatic carbocycles. The van der Waals surface area contributed by atoms with Gasteiger partial charge in [0, 0.05) is 57.3 Å². The maximum absolute atomic E-state index is 5.60. The summed E-state index contributed by atoms with van der Waals surface area (Å²) in [6.07, 6.45) is 0.887. The lowest BCUT2D eigenvalue weighted by Gasteiger charge is -2.36. The average molecular weight is 417 g/mol. The van der Waals surface area contributed by atoms with Gasteiger partial charge in [0.05, 0.1) is 13.2 Å². The van der Waals surface area contributed by atoms with E-state index >= 15 is 0 Å². The molecule has 3 rings (SSSR count). The molecule has 0 unspecified atom stereocenters. The first-order valence-corrected chi connectivity index (χ1v) is 11.3. The number of hydrogen-bond acceptors (Lipinski definition) is 6. The van der Waals surface area contributed by atoms with Crippen LogP contribution in [0.4, 0.5) is 5.13 Å². The average Bonchev–Trinajstić information content (AvgIpc) is 3.25. The highest BCUT2D eigenvalue weighted by Crippen LogP contribution is 2.19. The molecule has 1 N–H and O–H groups in total. The summed E-state index contributed by atoms with van der Waals surface area (Å²) in [5.74, 6) is 1.91. The third kappa shape index (κ3) is 5.90. The van der Waals surface area contributed by atoms with Gasteiger partial charge in [0.15, 0.2) is 5.96 Å². The summed E-state index contributed by atoms with van der Waals surface area (Å²) in [7, 11) is 0. The van der Waals surface area contributed by atoms with E-state index in [1.54, 1.807) is 0 Å². The summed E-state index contributed by atoms with van der Waals surface area (Å²) in [5, 5.41) is 4.49. The Kier molecular flexibility index (Phi) is 8.25. The zero-order valence-corrected chi connectivity index (χ0v) is 18.5. The smallest absolute Gasteiger partial charge is 0.205 e. The van der Waals surface area contributed by atoms with E-state index in [-0.39, 0.29) is 0 Å². The van der Waals surface area contributed by atoms with Gasteiger partial charge >= 0.3 is 0 Å². The Morgan fingerprint density at radius 1 is 1.14 bits per heavy atom. The number of aryl methyl sites for hydroxylation is 1. The van der Waals surface area contributed by atoms with Gasteiger partial charge in [-0.1, -0.05) is 31.2 Å². The highest BCUT2D eigenvalue weighted by Gasteiger charge is 2.22.